The summed E-state index contributed by atoms with van der Waals surface area (Å²) in [6, 6.07) is 7.76. The molecule has 2 aliphatic heterocycles. The van der Waals surface area contributed by atoms with Crippen molar-refractivity contribution in [3.05, 3.63) is 29.8 Å². The van der Waals surface area contributed by atoms with E-state index in [9.17, 15) is 4.79 Å². The van der Waals surface area contributed by atoms with Crippen LogP contribution in [0.2, 0.25) is 0 Å². The third kappa shape index (κ3) is 2.35. The Morgan fingerprint density at radius 2 is 2.05 bits per heavy atom. The van der Waals surface area contributed by atoms with Crippen LogP contribution in [0, 0.1) is 0 Å². The molecule has 0 aromatic heterocycles. The summed E-state index contributed by atoms with van der Waals surface area (Å²) in [7, 11) is 0. The second-order valence-electron chi connectivity index (χ2n) is 5.22. The molecular weight excluding hydrogens is 256 g/mol. The molecule has 2 aliphatic rings. The number of para-hydroxylation sites is 1. The Morgan fingerprint density at radius 1 is 1.30 bits per heavy atom. The van der Waals surface area contributed by atoms with Crippen molar-refractivity contribution >= 4 is 11.6 Å². The highest BCUT2D eigenvalue weighted by molar-refractivity contribution is 5.89. The molecule has 1 fully saturated rings. The maximum atomic E-state index is 12.7. The lowest BCUT2D eigenvalue weighted by molar-refractivity contribution is -0.133. The van der Waals surface area contributed by atoms with Crippen molar-refractivity contribution in [2.75, 3.05) is 19.7 Å². The van der Waals surface area contributed by atoms with Gasteiger partial charge in [0.25, 0.3) is 0 Å². The van der Waals surface area contributed by atoms with Gasteiger partial charge >= 0.3 is 0 Å². The van der Waals surface area contributed by atoms with Crippen LogP contribution < -0.4 is 4.74 Å². The highest BCUT2D eigenvalue weighted by Crippen LogP contribution is 2.34. The van der Waals surface area contributed by atoms with E-state index in [-0.39, 0.29) is 11.8 Å². The highest BCUT2D eigenvalue weighted by Gasteiger charge is 2.32. The number of oxime groups is 1. The Morgan fingerprint density at radius 3 is 2.80 bits per heavy atom. The third-order valence-electron chi connectivity index (χ3n) is 4.05. The van der Waals surface area contributed by atoms with Crippen molar-refractivity contribution in [2.24, 2.45) is 5.16 Å². The van der Waals surface area contributed by atoms with Gasteiger partial charge in [0.2, 0.25) is 5.91 Å². The first-order valence-corrected chi connectivity index (χ1v) is 7.00. The second kappa shape index (κ2) is 5.53. The maximum absolute atomic E-state index is 12.7. The summed E-state index contributed by atoms with van der Waals surface area (Å²) in [4.78, 5) is 14.6. The fraction of sp³-hybridized carbons (Fsp3) is 0.467. The van der Waals surface area contributed by atoms with Gasteiger partial charge in [0.1, 0.15) is 5.75 Å². The largest absolute Gasteiger partial charge is 0.493 e. The van der Waals surface area contributed by atoms with E-state index < -0.39 is 0 Å². The van der Waals surface area contributed by atoms with E-state index in [0.717, 1.165) is 23.4 Å². The second-order valence-corrected chi connectivity index (χ2v) is 5.22. The minimum Gasteiger partial charge on any atom is -0.493 e. The van der Waals surface area contributed by atoms with E-state index in [1.54, 1.807) is 0 Å². The number of piperidine rings is 1. The molecular formula is C15H18N2O3. The van der Waals surface area contributed by atoms with Gasteiger partial charge in [-0.3, -0.25) is 4.79 Å². The summed E-state index contributed by atoms with van der Waals surface area (Å²) >= 11 is 0. The number of rotatable bonds is 1. The summed E-state index contributed by atoms with van der Waals surface area (Å²) in [6.07, 6.45) is 2.05. The fourth-order valence-corrected chi connectivity index (χ4v) is 2.90. The number of carbonyl (C=O) groups is 1. The zero-order chi connectivity index (χ0) is 13.9. The lowest BCUT2D eigenvalue weighted by atomic mass is 9.91. The molecule has 1 saturated heterocycles. The lowest BCUT2D eigenvalue weighted by Crippen LogP contribution is -2.42. The van der Waals surface area contributed by atoms with E-state index >= 15 is 0 Å². The SMILES string of the molecule is O=C(C1CCOc2ccccc21)N1CCC(=NO)CC1. The third-order valence-corrected chi connectivity index (χ3v) is 4.05. The van der Waals surface area contributed by atoms with E-state index in [0.29, 0.717) is 32.5 Å². The van der Waals surface area contributed by atoms with Gasteiger partial charge in [0.15, 0.2) is 0 Å². The number of hydrogen-bond acceptors (Lipinski definition) is 4. The predicted molar refractivity (Wildman–Crippen MR) is 74.3 cm³/mol. The van der Waals surface area contributed by atoms with Crippen LogP contribution in [0.3, 0.4) is 0 Å². The van der Waals surface area contributed by atoms with Crippen LogP contribution >= 0.6 is 0 Å². The predicted octanol–water partition coefficient (Wildman–Crippen LogP) is 2.01. The summed E-state index contributed by atoms with van der Waals surface area (Å²) in [5.41, 5.74) is 1.77. The molecule has 1 atom stereocenters. The van der Waals surface area contributed by atoms with Crippen molar-refractivity contribution in [3.8, 4) is 5.75 Å². The fourth-order valence-electron chi connectivity index (χ4n) is 2.90. The van der Waals surface area contributed by atoms with Crippen LogP contribution in [0.15, 0.2) is 29.4 Å². The average Bonchev–Trinajstić information content (AvgIpc) is 2.54. The molecule has 1 N–H and O–H groups in total. The topological polar surface area (TPSA) is 62.1 Å². The quantitative estimate of drug-likeness (QED) is 0.629. The smallest absolute Gasteiger partial charge is 0.230 e. The standard InChI is InChI=1S/C15H18N2O3/c18-15(17-8-5-11(16-19)6-9-17)13-7-10-20-14-4-2-1-3-12(13)14/h1-4,13,19H,5-10H2. The molecule has 1 aromatic carbocycles. The molecule has 5 heteroatoms. The number of carbonyl (C=O) groups excluding carboxylic acids is 1. The Hall–Kier alpha value is -2.04. The number of amides is 1. The first kappa shape index (κ1) is 13.0. The molecule has 0 saturated carbocycles. The normalized spacial score (nSPS) is 21.9. The summed E-state index contributed by atoms with van der Waals surface area (Å²) in [5, 5.41) is 12.0. The van der Waals surface area contributed by atoms with Gasteiger partial charge in [-0.1, -0.05) is 23.4 Å². The molecule has 20 heavy (non-hydrogen) atoms. The number of hydrogen-bond donors (Lipinski definition) is 1. The Labute approximate surface area is 117 Å². The van der Waals surface area contributed by atoms with Crippen LogP contribution in [0.4, 0.5) is 0 Å². The van der Waals surface area contributed by atoms with E-state index in [1.165, 1.54) is 0 Å². The molecule has 106 valence electrons. The number of benzene rings is 1. The zero-order valence-electron chi connectivity index (χ0n) is 11.3. The van der Waals surface area contributed by atoms with Crippen molar-refractivity contribution in [2.45, 2.75) is 25.2 Å². The molecule has 1 amide bonds. The Kier molecular flexibility index (Phi) is 3.58. The van der Waals surface area contributed by atoms with E-state index in [4.69, 9.17) is 9.94 Å². The molecule has 0 bridgehead atoms. The van der Waals surface area contributed by atoms with Crippen molar-refractivity contribution < 1.29 is 14.7 Å². The van der Waals surface area contributed by atoms with Crippen LogP contribution in [0.5, 0.6) is 5.75 Å². The maximum Gasteiger partial charge on any atom is 0.230 e. The molecule has 1 unspecified atom stereocenters. The van der Waals surface area contributed by atoms with Crippen LogP contribution in [-0.2, 0) is 4.79 Å². The minimum atomic E-state index is -0.104. The molecule has 1 aromatic rings. The highest BCUT2D eigenvalue weighted by atomic mass is 16.5. The number of likely N-dealkylation sites (tertiary alicyclic amines) is 1. The number of fused-ring (bicyclic) bond motifs is 1. The van der Waals surface area contributed by atoms with Crippen LogP contribution in [0.25, 0.3) is 0 Å². The van der Waals surface area contributed by atoms with Gasteiger partial charge in [-0.15, -0.1) is 0 Å². The van der Waals surface area contributed by atoms with Gasteiger partial charge in [0.05, 0.1) is 18.2 Å². The average molecular weight is 274 g/mol. The zero-order valence-corrected chi connectivity index (χ0v) is 11.3. The molecule has 0 radical (unpaired) electrons. The molecule has 3 rings (SSSR count). The number of nitrogens with zero attached hydrogens (tertiary/aromatic N) is 2. The van der Waals surface area contributed by atoms with Crippen molar-refractivity contribution in [1.29, 1.82) is 0 Å². The van der Waals surface area contributed by atoms with Gasteiger partial charge < -0.3 is 14.8 Å². The van der Waals surface area contributed by atoms with Gasteiger partial charge in [-0.2, -0.15) is 0 Å². The van der Waals surface area contributed by atoms with Crippen molar-refractivity contribution in [1.82, 2.24) is 4.90 Å². The molecule has 0 aliphatic carbocycles. The van der Waals surface area contributed by atoms with Gasteiger partial charge in [-0.05, 0) is 12.5 Å². The monoisotopic (exact) mass is 274 g/mol. The van der Waals surface area contributed by atoms with E-state index in [1.807, 2.05) is 29.2 Å². The van der Waals surface area contributed by atoms with Crippen molar-refractivity contribution in [3.63, 3.8) is 0 Å². The molecule has 0 spiro atoms. The number of ether oxygens (including phenoxy) is 1. The Bertz CT molecular complexity index is 532. The van der Waals surface area contributed by atoms with Crippen LogP contribution in [-0.4, -0.2) is 41.4 Å². The summed E-state index contributed by atoms with van der Waals surface area (Å²) in [6.45, 7) is 1.86. The summed E-state index contributed by atoms with van der Waals surface area (Å²) in [5.74, 6) is 0.886. The molecule has 2 heterocycles. The van der Waals surface area contributed by atoms with Gasteiger partial charge in [0, 0.05) is 31.5 Å². The van der Waals surface area contributed by atoms with Crippen LogP contribution in [0.1, 0.15) is 30.7 Å². The first-order valence-electron chi connectivity index (χ1n) is 7.00. The summed E-state index contributed by atoms with van der Waals surface area (Å²) < 4.78 is 5.60. The molecule has 5 nitrogen and oxygen atoms in total. The van der Waals surface area contributed by atoms with Gasteiger partial charge in [-0.25, -0.2) is 0 Å². The minimum absolute atomic E-state index is 0.104. The van der Waals surface area contributed by atoms with E-state index in [2.05, 4.69) is 5.16 Å². The Balaban J connectivity index is 1.76. The first-order chi connectivity index (χ1) is 9.79. The lowest BCUT2D eigenvalue weighted by Gasteiger charge is -2.33.